The number of benzene rings is 1. The predicted molar refractivity (Wildman–Crippen MR) is 111 cm³/mol. The number of aromatic nitrogens is 2. The molecule has 0 bridgehead atoms. The molecular weight excluding hydrogens is 370 g/mol. The van der Waals surface area contributed by atoms with Gasteiger partial charge in [-0.15, -0.1) is 0 Å². The van der Waals surface area contributed by atoms with E-state index < -0.39 is 0 Å². The summed E-state index contributed by atoms with van der Waals surface area (Å²) in [5, 5.41) is 13.5. The fraction of sp³-hybridized carbons (Fsp3) is 0.476. The minimum atomic E-state index is -0.349. The SMILES string of the molecule is CC(C)NC(=O)O[C@@H]1CC[C@H](c2cc(Nc3ccc4c(c3)CC(=O)N4C)n[nH]2)C1. The summed E-state index contributed by atoms with van der Waals surface area (Å²) in [6.07, 6.45) is 2.61. The quantitative estimate of drug-likeness (QED) is 0.718. The van der Waals surface area contributed by atoms with Gasteiger partial charge in [-0.3, -0.25) is 9.89 Å². The molecule has 1 aromatic carbocycles. The molecule has 1 aliphatic heterocycles. The highest BCUT2D eigenvalue weighted by atomic mass is 16.6. The van der Waals surface area contributed by atoms with Crippen molar-refractivity contribution in [3.8, 4) is 0 Å². The minimum Gasteiger partial charge on any atom is -0.446 e. The van der Waals surface area contributed by atoms with Gasteiger partial charge in [0.25, 0.3) is 0 Å². The molecule has 3 N–H and O–H groups in total. The number of nitrogens with one attached hydrogen (secondary N) is 3. The lowest BCUT2D eigenvalue weighted by molar-refractivity contribution is -0.117. The van der Waals surface area contributed by atoms with Gasteiger partial charge in [-0.25, -0.2) is 4.79 Å². The number of carbonyl (C=O) groups is 2. The number of aromatic amines is 1. The average Bonchev–Trinajstić information content (AvgIpc) is 3.35. The molecule has 2 amide bonds. The molecule has 8 heteroatoms. The maximum absolute atomic E-state index is 11.8. The molecule has 2 aromatic rings. The first-order valence-electron chi connectivity index (χ1n) is 10.1. The molecule has 0 radical (unpaired) electrons. The lowest BCUT2D eigenvalue weighted by Gasteiger charge is -2.14. The Morgan fingerprint density at radius 1 is 1.31 bits per heavy atom. The van der Waals surface area contributed by atoms with Crippen molar-refractivity contribution in [1.29, 1.82) is 0 Å². The van der Waals surface area contributed by atoms with E-state index in [2.05, 4.69) is 20.8 Å². The molecule has 29 heavy (non-hydrogen) atoms. The van der Waals surface area contributed by atoms with Crippen LogP contribution in [0, 0.1) is 0 Å². The molecule has 1 fully saturated rings. The topological polar surface area (TPSA) is 99.3 Å². The Bertz CT molecular complexity index is 923. The second-order valence-electron chi connectivity index (χ2n) is 8.14. The van der Waals surface area contributed by atoms with Crippen molar-refractivity contribution < 1.29 is 14.3 Å². The number of likely N-dealkylation sites (N-methyl/N-ethyl adjacent to an activating group) is 1. The molecule has 2 heterocycles. The summed E-state index contributed by atoms with van der Waals surface area (Å²) < 4.78 is 5.50. The van der Waals surface area contributed by atoms with E-state index in [1.807, 2.05) is 38.1 Å². The number of carbonyl (C=O) groups excluding carboxylic acids is 2. The van der Waals surface area contributed by atoms with Gasteiger partial charge in [0.05, 0.1) is 6.42 Å². The molecule has 2 aliphatic rings. The number of H-pyrrole nitrogens is 1. The van der Waals surface area contributed by atoms with Crippen LogP contribution in [0.1, 0.15) is 50.3 Å². The second-order valence-corrected chi connectivity index (χ2v) is 8.14. The number of fused-ring (bicyclic) bond motifs is 1. The normalized spacial score (nSPS) is 20.8. The predicted octanol–water partition coefficient (Wildman–Crippen LogP) is 3.44. The van der Waals surface area contributed by atoms with Crippen LogP contribution in [0.4, 0.5) is 22.0 Å². The monoisotopic (exact) mass is 397 g/mol. The Kier molecular flexibility index (Phi) is 5.17. The Morgan fingerprint density at radius 2 is 2.14 bits per heavy atom. The molecule has 1 aromatic heterocycles. The van der Waals surface area contributed by atoms with Crippen molar-refractivity contribution >= 4 is 29.2 Å². The molecule has 0 saturated heterocycles. The number of anilines is 3. The Hall–Kier alpha value is -3.03. The van der Waals surface area contributed by atoms with Gasteiger partial charge in [-0.2, -0.15) is 5.10 Å². The van der Waals surface area contributed by atoms with Crippen LogP contribution in [0.2, 0.25) is 0 Å². The van der Waals surface area contributed by atoms with E-state index in [9.17, 15) is 9.59 Å². The molecule has 0 unspecified atom stereocenters. The summed E-state index contributed by atoms with van der Waals surface area (Å²) in [4.78, 5) is 25.3. The zero-order chi connectivity index (χ0) is 20.5. The summed E-state index contributed by atoms with van der Waals surface area (Å²) in [5.41, 5.74) is 3.93. The lowest BCUT2D eigenvalue weighted by Crippen LogP contribution is -2.33. The van der Waals surface area contributed by atoms with Crippen LogP contribution in [-0.4, -0.2) is 41.4 Å². The van der Waals surface area contributed by atoms with Crippen molar-refractivity contribution in [2.75, 3.05) is 17.3 Å². The molecule has 2 atom stereocenters. The van der Waals surface area contributed by atoms with Crippen molar-refractivity contribution in [1.82, 2.24) is 15.5 Å². The molecule has 154 valence electrons. The number of hydrogen-bond acceptors (Lipinski definition) is 5. The molecule has 1 saturated carbocycles. The standard InChI is InChI=1S/C21H27N5O3/c1-12(2)22-21(28)29-16-6-4-13(9-16)17-11-19(25-24-17)23-15-5-7-18-14(8-15)10-20(27)26(18)3/h5,7-8,11-13,16H,4,6,9-10H2,1-3H3,(H,22,28)(H2,23,24,25)/t13-,16+/m0/s1. The van der Waals surface area contributed by atoms with Gasteiger partial charge >= 0.3 is 6.09 Å². The second kappa shape index (κ2) is 7.77. The Labute approximate surface area is 170 Å². The zero-order valence-corrected chi connectivity index (χ0v) is 17.0. The van der Waals surface area contributed by atoms with Crippen molar-refractivity contribution in [2.24, 2.45) is 0 Å². The van der Waals surface area contributed by atoms with Crippen LogP contribution in [0.5, 0.6) is 0 Å². The maximum Gasteiger partial charge on any atom is 0.407 e. The molecule has 0 spiro atoms. The largest absolute Gasteiger partial charge is 0.446 e. The fourth-order valence-electron chi connectivity index (χ4n) is 4.06. The van der Waals surface area contributed by atoms with E-state index in [0.717, 1.165) is 47.7 Å². The average molecular weight is 397 g/mol. The van der Waals surface area contributed by atoms with Crippen molar-refractivity contribution in [2.45, 2.75) is 57.6 Å². The van der Waals surface area contributed by atoms with Gasteiger partial charge in [0, 0.05) is 42.1 Å². The van der Waals surface area contributed by atoms with Crippen LogP contribution in [0.25, 0.3) is 0 Å². The number of ether oxygens (including phenoxy) is 1. The number of hydrogen-bond donors (Lipinski definition) is 3. The smallest absolute Gasteiger partial charge is 0.407 e. The first-order chi connectivity index (χ1) is 13.9. The molecule has 1 aliphatic carbocycles. The van der Waals surface area contributed by atoms with E-state index in [1.165, 1.54) is 0 Å². The third-order valence-electron chi connectivity index (χ3n) is 5.53. The number of rotatable bonds is 5. The van der Waals surface area contributed by atoms with Crippen LogP contribution in [0.15, 0.2) is 24.3 Å². The Morgan fingerprint density at radius 3 is 2.93 bits per heavy atom. The summed E-state index contributed by atoms with van der Waals surface area (Å²) in [6.45, 7) is 3.82. The molecule has 4 rings (SSSR count). The van der Waals surface area contributed by atoms with Gasteiger partial charge in [0.2, 0.25) is 5.91 Å². The van der Waals surface area contributed by atoms with Crippen molar-refractivity contribution in [3.63, 3.8) is 0 Å². The van der Waals surface area contributed by atoms with Gasteiger partial charge in [0.15, 0.2) is 5.82 Å². The highest BCUT2D eigenvalue weighted by molar-refractivity contribution is 6.01. The highest BCUT2D eigenvalue weighted by Gasteiger charge is 2.30. The van der Waals surface area contributed by atoms with E-state index in [-0.39, 0.29) is 24.1 Å². The molecule has 8 nitrogen and oxygen atoms in total. The summed E-state index contributed by atoms with van der Waals surface area (Å²) in [5.74, 6) is 1.14. The van der Waals surface area contributed by atoms with E-state index >= 15 is 0 Å². The van der Waals surface area contributed by atoms with Crippen LogP contribution in [0.3, 0.4) is 0 Å². The van der Waals surface area contributed by atoms with Gasteiger partial charge in [0.1, 0.15) is 6.10 Å². The first kappa shape index (κ1) is 19.3. The van der Waals surface area contributed by atoms with Crippen LogP contribution < -0.4 is 15.5 Å². The fourth-order valence-corrected chi connectivity index (χ4v) is 4.06. The van der Waals surface area contributed by atoms with Crippen LogP contribution in [-0.2, 0) is 16.0 Å². The first-order valence-corrected chi connectivity index (χ1v) is 10.1. The minimum absolute atomic E-state index is 0.0651. The summed E-state index contributed by atoms with van der Waals surface area (Å²) >= 11 is 0. The van der Waals surface area contributed by atoms with Gasteiger partial charge in [-0.1, -0.05) is 0 Å². The van der Waals surface area contributed by atoms with E-state index in [0.29, 0.717) is 12.3 Å². The number of alkyl carbamates (subject to hydrolysis) is 1. The van der Waals surface area contributed by atoms with E-state index in [1.54, 1.807) is 11.9 Å². The van der Waals surface area contributed by atoms with Gasteiger partial charge < -0.3 is 20.3 Å². The number of nitrogens with zero attached hydrogens (tertiary/aromatic N) is 2. The van der Waals surface area contributed by atoms with Gasteiger partial charge in [-0.05, 0) is 56.9 Å². The third kappa shape index (κ3) is 4.21. The van der Waals surface area contributed by atoms with Crippen LogP contribution >= 0.6 is 0 Å². The third-order valence-corrected chi connectivity index (χ3v) is 5.53. The summed E-state index contributed by atoms with van der Waals surface area (Å²) in [6, 6.07) is 7.98. The Balaban J connectivity index is 1.35. The number of amides is 2. The van der Waals surface area contributed by atoms with Crippen molar-refractivity contribution in [3.05, 3.63) is 35.5 Å². The lowest BCUT2D eigenvalue weighted by atomic mass is 10.0. The van der Waals surface area contributed by atoms with E-state index in [4.69, 9.17) is 4.74 Å². The highest BCUT2D eigenvalue weighted by Crippen LogP contribution is 2.36. The zero-order valence-electron chi connectivity index (χ0n) is 17.0. The maximum atomic E-state index is 11.8. The molecular formula is C21H27N5O3. The summed E-state index contributed by atoms with van der Waals surface area (Å²) in [7, 11) is 1.80.